The molecule has 2 N–H and O–H groups in total. The van der Waals surface area contributed by atoms with Gasteiger partial charge in [-0.1, -0.05) is 32.1 Å². The minimum atomic E-state index is -0.295. The van der Waals surface area contributed by atoms with Gasteiger partial charge in [-0.2, -0.15) is 0 Å². The van der Waals surface area contributed by atoms with E-state index in [0.717, 1.165) is 12.0 Å². The number of nitrogens with one attached hydrogen (secondary N) is 2. The van der Waals surface area contributed by atoms with E-state index in [4.69, 9.17) is 0 Å². The average molecular weight is 367 g/mol. The van der Waals surface area contributed by atoms with Gasteiger partial charge in [0.2, 0.25) is 11.8 Å². The average Bonchev–Trinajstić information content (AvgIpc) is 2.95. The molecule has 1 aromatic carbocycles. The lowest BCUT2D eigenvalue weighted by Gasteiger charge is -2.59. The summed E-state index contributed by atoms with van der Waals surface area (Å²) in [4.78, 5) is 37.4. The lowest BCUT2D eigenvalue weighted by Crippen LogP contribution is -2.57. The van der Waals surface area contributed by atoms with E-state index in [1.54, 1.807) is 24.3 Å². The first-order valence-corrected chi connectivity index (χ1v) is 9.49. The molecule has 6 heteroatoms. The third-order valence-corrected chi connectivity index (χ3v) is 6.60. The van der Waals surface area contributed by atoms with Crippen LogP contribution in [0.25, 0.3) is 0 Å². The molecule has 4 amide bonds. The summed E-state index contributed by atoms with van der Waals surface area (Å²) in [5, 5.41) is 5.84. The molecule has 2 bridgehead atoms. The Morgan fingerprint density at radius 1 is 1.19 bits per heavy atom. The third kappa shape index (κ3) is 2.93. The Hall–Kier alpha value is -2.63. The molecule has 1 aromatic rings. The van der Waals surface area contributed by atoms with E-state index in [9.17, 15) is 14.4 Å². The fraction of sp³-hybridized carbons (Fsp3) is 0.476. The van der Waals surface area contributed by atoms with E-state index in [0.29, 0.717) is 23.2 Å². The van der Waals surface area contributed by atoms with E-state index in [2.05, 4.69) is 31.1 Å². The van der Waals surface area contributed by atoms with Crippen LogP contribution in [0.3, 0.4) is 0 Å². The van der Waals surface area contributed by atoms with Crippen molar-refractivity contribution in [3.05, 3.63) is 36.4 Å². The van der Waals surface area contributed by atoms with Gasteiger partial charge >= 0.3 is 6.03 Å². The molecule has 1 saturated heterocycles. The van der Waals surface area contributed by atoms with Crippen LogP contribution in [0.5, 0.6) is 0 Å². The van der Waals surface area contributed by atoms with Crippen molar-refractivity contribution in [3.63, 3.8) is 0 Å². The minimum Gasteiger partial charge on any atom is -0.331 e. The lowest BCUT2D eigenvalue weighted by molar-refractivity contribution is -0.121. The smallest absolute Gasteiger partial charge is 0.319 e. The Labute approximate surface area is 159 Å². The predicted octanol–water partition coefficient (Wildman–Crippen LogP) is 3.45. The van der Waals surface area contributed by atoms with Gasteiger partial charge in [-0.3, -0.25) is 14.5 Å². The number of imide groups is 1. The molecule has 0 aromatic heterocycles. The second-order valence-corrected chi connectivity index (χ2v) is 8.44. The van der Waals surface area contributed by atoms with Crippen molar-refractivity contribution >= 4 is 29.2 Å². The highest BCUT2D eigenvalue weighted by atomic mass is 16.2. The van der Waals surface area contributed by atoms with Crippen LogP contribution in [0.4, 0.5) is 16.2 Å². The molecule has 1 unspecified atom stereocenters. The highest BCUT2D eigenvalue weighted by molar-refractivity contribution is 6.20. The first kappa shape index (κ1) is 17.8. The van der Waals surface area contributed by atoms with Gasteiger partial charge in [0.25, 0.3) is 0 Å². The first-order chi connectivity index (χ1) is 12.8. The minimum absolute atomic E-state index is 0.00769. The van der Waals surface area contributed by atoms with E-state index < -0.39 is 0 Å². The molecular formula is C21H25N3O3. The number of amides is 4. The Morgan fingerprint density at radius 2 is 1.89 bits per heavy atom. The molecule has 1 heterocycles. The monoisotopic (exact) mass is 367 g/mol. The molecule has 1 aliphatic heterocycles. The zero-order valence-corrected chi connectivity index (χ0v) is 15.7. The number of carbonyl (C=O) groups is 3. The third-order valence-electron chi connectivity index (χ3n) is 6.60. The number of rotatable bonds is 3. The van der Waals surface area contributed by atoms with Crippen LogP contribution in [0, 0.1) is 17.3 Å². The summed E-state index contributed by atoms with van der Waals surface area (Å²) in [6.45, 7) is 8.78. The van der Waals surface area contributed by atoms with Crippen molar-refractivity contribution in [1.29, 1.82) is 0 Å². The summed E-state index contributed by atoms with van der Waals surface area (Å²) in [5.74, 6) is 0.676. The van der Waals surface area contributed by atoms with Crippen molar-refractivity contribution < 1.29 is 14.4 Å². The van der Waals surface area contributed by atoms with Crippen molar-refractivity contribution in [1.82, 2.24) is 5.32 Å². The van der Waals surface area contributed by atoms with Gasteiger partial charge in [0.1, 0.15) is 0 Å². The summed E-state index contributed by atoms with van der Waals surface area (Å²) in [6, 6.07) is 6.51. The van der Waals surface area contributed by atoms with E-state index >= 15 is 0 Å². The van der Waals surface area contributed by atoms with Gasteiger partial charge in [0.15, 0.2) is 0 Å². The Morgan fingerprint density at radius 3 is 2.52 bits per heavy atom. The van der Waals surface area contributed by atoms with Crippen LogP contribution in [0.15, 0.2) is 36.4 Å². The van der Waals surface area contributed by atoms with Crippen molar-refractivity contribution in [2.45, 2.75) is 45.6 Å². The van der Waals surface area contributed by atoms with Crippen LogP contribution < -0.4 is 15.5 Å². The van der Waals surface area contributed by atoms with Gasteiger partial charge < -0.3 is 10.6 Å². The van der Waals surface area contributed by atoms with Crippen LogP contribution in [0.2, 0.25) is 0 Å². The molecule has 0 radical (unpaired) electrons. The molecule has 27 heavy (non-hydrogen) atoms. The van der Waals surface area contributed by atoms with Crippen molar-refractivity contribution in [3.8, 4) is 0 Å². The van der Waals surface area contributed by atoms with Crippen LogP contribution in [-0.4, -0.2) is 23.9 Å². The van der Waals surface area contributed by atoms with Gasteiger partial charge in [-0.25, -0.2) is 4.79 Å². The maximum absolute atomic E-state index is 12.5. The highest BCUT2D eigenvalue weighted by Gasteiger charge is 2.54. The number of fused-ring (bicyclic) bond motifs is 2. The molecule has 142 valence electrons. The van der Waals surface area contributed by atoms with Gasteiger partial charge in [-0.05, 0) is 48.3 Å². The summed E-state index contributed by atoms with van der Waals surface area (Å²) < 4.78 is 0. The van der Waals surface area contributed by atoms with Gasteiger partial charge in [-0.15, -0.1) is 0 Å². The molecule has 3 saturated carbocycles. The predicted molar refractivity (Wildman–Crippen MR) is 103 cm³/mol. The number of benzene rings is 1. The van der Waals surface area contributed by atoms with Crippen molar-refractivity contribution in [2.75, 3.05) is 10.2 Å². The molecule has 5 rings (SSSR count). The van der Waals surface area contributed by atoms with Gasteiger partial charge in [0.05, 0.1) is 11.7 Å². The topological polar surface area (TPSA) is 78.5 Å². The van der Waals surface area contributed by atoms with Crippen LogP contribution in [0.1, 0.15) is 39.5 Å². The van der Waals surface area contributed by atoms with Crippen LogP contribution in [-0.2, 0) is 9.59 Å². The number of anilines is 2. The Bertz CT molecular complexity index is 829. The largest absolute Gasteiger partial charge is 0.331 e. The SMILES string of the molecule is C=C1C(NC(=O)Nc2cccc(N3C(=O)CCC3=O)c2)C[C@H]2C[C@@H]1C2(C)C. The number of urea groups is 1. The molecule has 4 aliphatic rings. The highest BCUT2D eigenvalue weighted by Crippen LogP contribution is 2.60. The zero-order chi connectivity index (χ0) is 19.3. The quantitative estimate of drug-likeness (QED) is 0.634. The fourth-order valence-corrected chi connectivity index (χ4v) is 4.79. The molecule has 6 nitrogen and oxygen atoms in total. The molecule has 0 spiro atoms. The second-order valence-electron chi connectivity index (χ2n) is 8.44. The second kappa shape index (κ2) is 6.22. The summed E-state index contributed by atoms with van der Waals surface area (Å²) in [6.07, 6.45) is 2.57. The van der Waals surface area contributed by atoms with Crippen LogP contribution >= 0.6 is 0 Å². The standard InChI is InChI=1S/C21H25N3O3/c1-12-16-9-13(21(16,2)3)10-17(12)23-20(27)22-14-5-4-6-15(11-14)24-18(25)7-8-19(24)26/h4-6,11,13,16-17H,1,7-10H2,2-3H3,(H2,22,23,27)/t13-,16+,17?/m1/s1. The maximum Gasteiger partial charge on any atom is 0.319 e. The first-order valence-electron chi connectivity index (χ1n) is 9.49. The number of carbonyl (C=O) groups excluding carboxylic acids is 3. The lowest BCUT2D eigenvalue weighted by atomic mass is 9.46. The van der Waals surface area contributed by atoms with E-state index in [1.807, 2.05) is 0 Å². The molecular weight excluding hydrogens is 342 g/mol. The van der Waals surface area contributed by atoms with Crippen molar-refractivity contribution in [2.24, 2.45) is 17.3 Å². The number of hydrogen-bond donors (Lipinski definition) is 2. The van der Waals surface area contributed by atoms with Gasteiger partial charge in [0, 0.05) is 18.5 Å². The summed E-state index contributed by atoms with van der Waals surface area (Å²) >= 11 is 0. The Balaban J connectivity index is 1.41. The van der Waals surface area contributed by atoms with E-state index in [1.165, 1.54) is 11.3 Å². The molecule has 3 aliphatic carbocycles. The summed E-state index contributed by atoms with van der Waals surface area (Å²) in [5.41, 5.74) is 2.43. The van der Waals surface area contributed by atoms with E-state index in [-0.39, 0.29) is 42.1 Å². The number of hydrogen-bond acceptors (Lipinski definition) is 3. The summed E-state index contributed by atoms with van der Waals surface area (Å²) in [7, 11) is 0. The maximum atomic E-state index is 12.5. The molecule has 3 atom stereocenters. The fourth-order valence-electron chi connectivity index (χ4n) is 4.79. The number of nitrogens with zero attached hydrogens (tertiary/aromatic N) is 1. The normalized spacial score (nSPS) is 28.7. The Kier molecular flexibility index (Phi) is 4.09. The zero-order valence-electron chi connectivity index (χ0n) is 15.7. The molecule has 4 fully saturated rings.